The Kier molecular flexibility index (Phi) is 6.45. The second kappa shape index (κ2) is 8.39. The summed E-state index contributed by atoms with van der Waals surface area (Å²) >= 11 is 3.55. The van der Waals surface area contributed by atoms with Crippen LogP contribution >= 0.6 is 22.7 Å². The van der Waals surface area contributed by atoms with E-state index in [1.807, 2.05) is 0 Å². The maximum absolute atomic E-state index is 5.92. The van der Waals surface area contributed by atoms with Crippen LogP contribution in [0.4, 0.5) is 0 Å². The Balaban J connectivity index is 1.71. The SMILES string of the molecule is CCCCCCCCOc1ccsc1-c1cccs1. The van der Waals surface area contributed by atoms with Gasteiger partial charge in [0.15, 0.2) is 0 Å². The van der Waals surface area contributed by atoms with Gasteiger partial charge in [0, 0.05) is 4.88 Å². The topological polar surface area (TPSA) is 9.23 Å². The molecule has 0 fully saturated rings. The molecule has 0 amide bonds. The second-order valence-corrected chi connectivity index (χ2v) is 6.57. The normalized spacial score (nSPS) is 10.8. The lowest BCUT2D eigenvalue weighted by molar-refractivity contribution is 0.306. The fraction of sp³-hybridized carbons (Fsp3) is 0.500. The molecule has 0 saturated carbocycles. The molecule has 0 N–H and O–H groups in total. The van der Waals surface area contributed by atoms with E-state index in [4.69, 9.17) is 4.74 Å². The number of unbranched alkanes of at least 4 members (excludes halogenated alkanes) is 5. The van der Waals surface area contributed by atoms with Crippen molar-refractivity contribution in [3.8, 4) is 15.5 Å². The molecule has 0 spiro atoms. The number of hydrogen-bond acceptors (Lipinski definition) is 3. The Morgan fingerprint density at radius 2 is 1.79 bits per heavy atom. The van der Waals surface area contributed by atoms with Crippen LogP contribution in [0.1, 0.15) is 45.4 Å². The Morgan fingerprint density at radius 1 is 0.947 bits per heavy atom. The first-order valence-electron chi connectivity index (χ1n) is 7.16. The van der Waals surface area contributed by atoms with Crippen molar-refractivity contribution in [2.75, 3.05) is 6.61 Å². The lowest BCUT2D eigenvalue weighted by Gasteiger charge is -2.06. The van der Waals surface area contributed by atoms with Gasteiger partial charge in [0.05, 0.1) is 11.5 Å². The molecule has 0 bridgehead atoms. The predicted molar refractivity (Wildman–Crippen MR) is 86.5 cm³/mol. The van der Waals surface area contributed by atoms with Crippen LogP contribution in [0.3, 0.4) is 0 Å². The summed E-state index contributed by atoms with van der Waals surface area (Å²) < 4.78 is 5.92. The van der Waals surface area contributed by atoms with Crippen LogP contribution in [-0.2, 0) is 0 Å². The number of hydrogen-bond donors (Lipinski definition) is 0. The fourth-order valence-corrected chi connectivity index (χ4v) is 3.78. The highest BCUT2D eigenvalue weighted by molar-refractivity contribution is 7.20. The first-order chi connectivity index (χ1) is 9.42. The predicted octanol–water partition coefficient (Wildman–Crippen LogP) is 6.22. The van der Waals surface area contributed by atoms with Gasteiger partial charge in [-0.1, -0.05) is 45.1 Å². The Morgan fingerprint density at radius 3 is 2.58 bits per heavy atom. The van der Waals surface area contributed by atoms with Crippen LogP contribution in [0.15, 0.2) is 29.0 Å². The highest BCUT2D eigenvalue weighted by atomic mass is 32.1. The first-order valence-corrected chi connectivity index (χ1v) is 8.92. The zero-order valence-corrected chi connectivity index (χ0v) is 13.2. The molecule has 104 valence electrons. The smallest absolute Gasteiger partial charge is 0.138 e. The second-order valence-electron chi connectivity index (χ2n) is 4.71. The molecule has 0 aliphatic carbocycles. The van der Waals surface area contributed by atoms with Crippen molar-refractivity contribution >= 4 is 22.7 Å². The maximum atomic E-state index is 5.92. The molecule has 3 heteroatoms. The van der Waals surface area contributed by atoms with Gasteiger partial charge in [0.2, 0.25) is 0 Å². The van der Waals surface area contributed by atoms with Crippen LogP contribution in [0, 0.1) is 0 Å². The van der Waals surface area contributed by atoms with Crippen molar-refractivity contribution in [2.24, 2.45) is 0 Å². The van der Waals surface area contributed by atoms with Gasteiger partial charge in [-0.3, -0.25) is 0 Å². The van der Waals surface area contributed by atoms with Crippen LogP contribution in [0.2, 0.25) is 0 Å². The van der Waals surface area contributed by atoms with Crippen LogP contribution in [0.25, 0.3) is 9.75 Å². The summed E-state index contributed by atoms with van der Waals surface area (Å²) in [5.41, 5.74) is 0. The molecular formula is C16H22OS2. The summed E-state index contributed by atoms with van der Waals surface area (Å²) in [4.78, 5) is 2.59. The third-order valence-electron chi connectivity index (χ3n) is 3.13. The van der Waals surface area contributed by atoms with E-state index in [9.17, 15) is 0 Å². The Hall–Kier alpha value is -0.800. The molecule has 1 nitrogen and oxygen atoms in total. The molecule has 2 aromatic heterocycles. The quantitative estimate of drug-likeness (QED) is 0.499. The number of thiophene rings is 2. The number of ether oxygens (including phenoxy) is 1. The molecule has 0 aliphatic heterocycles. The summed E-state index contributed by atoms with van der Waals surface area (Å²) in [5, 5.41) is 4.23. The average molecular weight is 294 g/mol. The molecule has 2 heterocycles. The van der Waals surface area contributed by atoms with Crippen molar-refractivity contribution in [1.29, 1.82) is 0 Å². The van der Waals surface area contributed by atoms with Gasteiger partial charge < -0.3 is 4.74 Å². The van der Waals surface area contributed by atoms with E-state index in [1.165, 1.54) is 48.3 Å². The van der Waals surface area contributed by atoms with Crippen molar-refractivity contribution < 1.29 is 4.74 Å². The maximum Gasteiger partial charge on any atom is 0.138 e. The van der Waals surface area contributed by atoms with E-state index in [0.717, 1.165) is 12.4 Å². The van der Waals surface area contributed by atoms with Crippen molar-refractivity contribution in [2.45, 2.75) is 45.4 Å². The van der Waals surface area contributed by atoms with E-state index >= 15 is 0 Å². The summed E-state index contributed by atoms with van der Waals surface area (Å²) in [6, 6.07) is 6.35. The number of rotatable bonds is 9. The summed E-state index contributed by atoms with van der Waals surface area (Å²) in [5.74, 6) is 1.06. The van der Waals surface area contributed by atoms with Gasteiger partial charge in [-0.05, 0) is 29.3 Å². The minimum absolute atomic E-state index is 0.848. The van der Waals surface area contributed by atoms with E-state index < -0.39 is 0 Å². The largest absolute Gasteiger partial charge is 0.492 e. The zero-order chi connectivity index (χ0) is 13.3. The van der Waals surface area contributed by atoms with E-state index in [0.29, 0.717) is 0 Å². The lowest BCUT2D eigenvalue weighted by atomic mass is 10.1. The van der Waals surface area contributed by atoms with Crippen molar-refractivity contribution in [1.82, 2.24) is 0 Å². The lowest BCUT2D eigenvalue weighted by Crippen LogP contribution is -1.97. The van der Waals surface area contributed by atoms with Gasteiger partial charge in [-0.25, -0.2) is 0 Å². The van der Waals surface area contributed by atoms with Crippen LogP contribution in [-0.4, -0.2) is 6.61 Å². The molecular weight excluding hydrogens is 272 g/mol. The third-order valence-corrected chi connectivity index (χ3v) is 5.08. The minimum Gasteiger partial charge on any atom is -0.492 e. The monoisotopic (exact) mass is 294 g/mol. The first kappa shape index (κ1) is 14.6. The summed E-state index contributed by atoms with van der Waals surface area (Å²) in [6.45, 7) is 3.10. The highest BCUT2D eigenvalue weighted by Crippen LogP contribution is 2.38. The zero-order valence-electron chi connectivity index (χ0n) is 11.6. The van der Waals surface area contributed by atoms with Gasteiger partial charge in [0.1, 0.15) is 5.75 Å². The standard InChI is InChI=1S/C16H22OS2/c1-2-3-4-5-6-7-11-17-14-10-13-19-16(14)15-9-8-12-18-15/h8-10,12-13H,2-7,11H2,1H3. The minimum atomic E-state index is 0.848. The van der Waals surface area contributed by atoms with Crippen molar-refractivity contribution in [3.05, 3.63) is 29.0 Å². The van der Waals surface area contributed by atoms with E-state index in [2.05, 4.69) is 35.9 Å². The fourth-order valence-electron chi connectivity index (χ4n) is 2.06. The van der Waals surface area contributed by atoms with Crippen LogP contribution in [0.5, 0.6) is 5.75 Å². The van der Waals surface area contributed by atoms with Gasteiger partial charge in [0.25, 0.3) is 0 Å². The van der Waals surface area contributed by atoms with Gasteiger partial charge in [-0.2, -0.15) is 0 Å². The molecule has 2 aromatic rings. The Labute approximate surface area is 124 Å². The molecule has 0 aliphatic rings. The van der Waals surface area contributed by atoms with Crippen LogP contribution < -0.4 is 4.74 Å². The van der Waals surface area contributed by atoms with E-state index in [1.54, 1.807) is 22.7 Å². The molecule has 0 saturated heterocycles. The molecule has 0 atom stereocenters. The van der Waals surface area contributed by atoms with Gasteiger partial charge in [-0.15, -0.1) is 22.7 Å². The molecule has 2 rings (SSSR count). The molecule has 0 radical (unpaired) electrons. The molecule has 19 heavy (non-hydrogen) atoms. The molecule has 0 unspecified atom stereocenters. The third kappa shape index (κ3) is 4.66. The van der Waals surface area contributed by atoms with Gasteiger partial charge >= 0.3 is 0 Å². The van der Waals surface area contributed by atoms with Crippen molar-refractivity contribution in [3.63, 3.8) is 0 Å². The molecule has 0 aromatic carbocycles. The highest BCUT2D eigenvalue weighted by Gasteiger charge is 2.08. The summed E-state index contributed by atoms with van der Waals surface area (Å²) in [7, 11) is 0. The summed E-state index contributed by atoms with van der Waals surface area (Å²) in [6.07, 6.45) is 7.86. The average Bonchev–Trinajstić information content (AvgIpc) is 3.08. The Bertz CT molecular complexity index is 445. The van der Waals surface area contributed by atoms with E-state index in [-0.39, 0.29) is 0 Å².